The predicted molar refractivity (Wildman–Crippen MR) is 75.2 cm³/mol. The van der Waals surface area contributed by atoms with Gasteiger partial charge in [0.25, 0.3) is 0 Å². The number of hydrogen-bond donors (Lipinski definition) is 0. The Morgan fingerprint density at radius 1 is 1.42 bits per heavy atom. The third kappa shape index (κ3) is 1.90. The minimum absolute atomic E-state index is 0.0869. The predicted octanol–water partition coefficient (Wildman–Crippen LogP) is 3.64. The van der Waals surface area contributed by atoms with E-state index in [1.165, 1.54) is 6.26 Å². The molecule has 0 saturated carbocycles. The van der Waals surface area contributed by atoms with E-state index >= 15 is 0 Å². The number of nitrogens with zero attached hydrogens (tertiary/aromatic N) is 2. The third-order valence-electron chi connectivity index (χ3n) is 3.04. The number of rotatable bonds is 3. The molecule has 2 heterocycles. The number of carbonyl (C=O) groups excluding carboxylic acids is 1. The molecule has 0 aliphatic heterocycles. The van der Waals surface area contributed by atoms with Crippen LogP contribution in [-0.4, -0.2) is 15.6 Å². The van der Waals surface area contributed by atoms with Crippen molar-refractivity contribution in [2.75, 3.05) is 0 Å². The molecule has 3 rings (SSSR count). The monoisotopic (exact) mass is 318 g/mol. The number of hydrogen-bond acceptors (Lipinski definition) is 3. The van der Waals surface area contributed by atoms with Crippen LogP contribution >= 0.6 is 15.9 Å². The quantitative estimate of drug-likeness (QED) is 0.693. The molecule has 0 spiro atoms. The van der Waals surface area contributed by atoms with Gasteiger partial charge in [0.15, 0.2) is 0 Å². The van der Waals surface area contributed by atoms with Gasteiger partial charge in [-0.1, -0.05) is 18.2 Å². The smallest absolute Gasteiger partial charge is 0.216 e. The zero-order chi connectivity index (χ0) is 13.4. The minimum atomic E-state index is -0.0869. The molecule has 0 aliphatic carbocycles. The Labute approximate surface area is 118 Å². The van der Waals surface area contributed by atoms with Crippen molar-refractivity contribution in [3.05, 3.63) is 52.5 Å². The number of halogens is 1. The second kappa shape index (κ2) is 4.66. The van der Waals surface area contributed by atoms with Gasteiger partial charge in [-0.05, 0) is 28.9 Å². The van der Waals surface area contributed by atoms with Gasteiger partial charge < -0.3 is 4.42 Å². The summed E-state index contributed by atoms with van der Waals surface area (Å²) in [5.74, 6) is -0.0869. The van der Waals surface area contributed by atoms with Gasteiger partial charge in [0.2, 0.25) is 5.78 Å². The van der Waals surface area contributed by atoms with Crippen LogP contribution in [0.5, 0.6) is 0 Å². The minimum Gasteiger partial charge on any atom is -0.464 e. The molecule has 0 N–H and O–H groups in total. The molecule has 0 fully saturated rings. The van der Waals surface area contributed by atoms with Crippen molar-refractivity contribution < 1.29 is 9.21 Å². The van der Waals surface area contributed by atoms with Crippen molar-refractivity contribution in [1.82, 2.24) is 9.78 Å². The second-order valence-corrected chi connectivity index (χ2v) is 4.99. The SMILES string of the molecule is CCn1ncc(Br)c1C(=O)c1coc2ccccc12. The molecule has 3 aromatic rings. The molecule has 0 saturated heterocycles. The molecule has 4 nitrogen and oxygen atoms in total. The van der Waals surface area contributed by atoms with Crippen LogP contribution in [0.15, 0.2) is 45.6 Å². The van der Waals surface area contributed by atoms with Crippen molar-refractivity contribution in [3.8, 4) is 0 Å². The summed E-state index contributed by atoms with van der Waals surface area (Å²) in [6, 6.07) is 7.50. The Morgan fingerprint density at radius 2 is 2.21 bits per heavy atom. The van der Waals surface area contributed by atoms with Gasteiger partial charge in [-0.15, -0.1) is 0 Å². The maximum Gasteiger partial charge on any atom is 0.216 e. The molecule has 96 valence electrons. The highest BCUT2D eigenvalue weighted by Gasteiger charge is 2.21. The first kappa shape index (κ1) is 12.2. The summed E-state index contributed by atoms with van der Waals surface area (Å²) in [6.45, 7) is 2.59. The second-order valence-electron chi connectivity index (χ2n) is 4.13. The number of para-hydroxylation sites is 1. The van der Waals surface area contributed by atoms with Gasteiger partial charge in [-0.25, -0.2) is 0 Å². The summed E-state index contributed by atoms with van der Waals surface area (Å²) in [7, 11) is 0. The van der Waals surface area contributed by atoms with Gasteiger partial charge in [-0.2, -0.15) is 5.10 Å². The molecule has 0 bridgehead atoms. The lowest BCUT2D eigenvalue weighted by Gasteiger charge is -2.03. The summed E-state index contributed by atoms with van der Waals surface area (Å²) in [4.78, 5) is 12.6. The fourth-order valence-corrected chi connectivity index (χ4v) is 2.59. The normalized spacial score (nSPS) is 11.1. The average Bonchev–Trinajstić information content (AvgIpc) is 3.01. The zero-order valence-corrected chi connectivity index (χ0v) is 11.8. The molecule has 1 aromatic carbocycles. The molecule has 0 amide bonds. The Bertz CT molecular complexity index is 758. The fourth-order valence-electron chi connectivity index (χ4n) is 2.11. The number of aryl methyl sites for hydroxylation is 1. The summed E-state index contributed by atoms with van der Waals surface area (Å²) in [6.07, 6.45) is 3.14. The number of fused-ring (bicyclic) bond motifs is 1. The van der Waals surface area contributed by atoms with Gasteiger partial charge in [-0.3, -0.25) is 9.48 Å². The zero-order valence-electron chi connectivity index (χ0n) is 10.3. The molecule has 5 heteroatoms. The molecule has 0 unspecified atom stereocenters. The van der Waals surface area contributed by atoms with Crippen molar-refractivity contribution >= 4 is 32.7 Å². The highest BCUT2D eigenvalue weighted by Crippen LogP contribution is 2.26. The highest BCUT2D eigenvalue weighted by atomic mass is 79.9. The average molecular weight is 319 g/mol. The third-order valence-corrected chi connectivity index (χ3v) is 3.62. The Kier molecular flexibility index (Phi) is 2.98. The maximum atomic E-state index is 12.6. The van der Waals surface area contributed by atoms with Crippen molar-refractivity contribution in [2.24, 2.45) is 0 Å². The van der Waals surface area contributed by atoms with Crippen LogP contribution in [0.1, 0.15) is 23.0 Å². The van der Waals surface area contributed by atoms with Crippen LogP contribution in [0.2, 0.25) is 0 Å². The lowest BCUT2D eigenvalue weighted by Crippen LogP contribution is -2.10. The standard InChI is InChI=1S/C14H11BrN2O2/c1-2-17-13(11(15)7-16-17)14(18)10-8-19-12-6-4-3-5-9(10)12/h3-8H,2H2,1H3. The van der Waals surface area contributed by atoms with E-state index in [1.54, 1.807) is 10.9 Å². The highest BCUT2D eigenvalue weighted by molar-refractivity contribution is 9.10. The van der Waals surface area contributed by atoms with E-state index in [2.05, 4.69) is 21.0 Å². The molecule has 19 heavy (non-hydrogen) atoms. The molecule has 0 radical (unpaired) electrons. The van der Waals surface area contributed by atoms with Crippen LogP contribution in [0.25, 0.3) is 11.0 Å². The molecule has 0 aliphatic rings. The Balaban J connectivity index is 2.16. The lowest BCUT2D eigenvalue weighted by molar-refractivity contribution is 0.102. The number of furan rings is 1. The van der Waals surface area contributed by atoms with Crippen LogP contribution in [-0.2, 0) is 6.54 Å². The first-order valence-electron chi connectivity index (χ1n) is 5.94. The molecular weight excluding hydrogens is 308 g/mol. The molecule has 2 aromatic heterocycles. The lowest BCUT2D eigenvalue weighted by atomic mass is 10.1. The number of carbonyl (C=O) groups is 1. The maximum absolute atomic E-state index is 12.6. The van der Waals surface area contributed by atoms with Crippen LogP contribution < -0.4 is 0 Å². The summed E-state index contributed by atoms with van der Waals surface area (Å²) in [5, 5.41) is 4.99. The molecule has 0 atom stereocenters. The van der Waals surface area contributed by atoms with Gasteiger partial charge in [0, 0.05) is 11.9 Å². The number of ketones is 1. The summed E-state index contributed by atoms with van der Waals surface area (Å²) in [5.41, 5.74) is 1.82. The van der Waals surface area contributed by atoms with Crippen LogP contribution in [0.3, 0.4) is 0 Å². The van der Waals surface area contributed by atoms with E-state index in [-0.39, 0.29) is 5.78 Å². The van der Waals surface area contributed by atoms with E-state index in [4.69, 9.17) is 4.42 Å². The number of aromatic nitrogens is 2. The van der Waals surface area contributed by atoms with Crippen molar-refractivity contribution in [3.63, 3.8) is 0 Å². The van der Waals surface area contributed by atoms with Crippen molar-refractivity contribution in [1.29, 1.82) is 0 Å². The van der Waals surface area contributed by atoms with Gasteiger partial charge in [0.1, 0.15) is 17.5 Å². The van der Waals surface area contributed by atoms with Crippen molar-refractivity contribution in [2.45, 2.75) is 13.5 Å². The topological polar surface area (TPSA) is 48.0 Å². The largest absolute Gasteiger partial charge is 0.464 e. The van der Waals surface area contributed by atoms with Crippen LogP contribution in [0.4, 0.5) is 0 Å². The van der Waals surface area contributed by atoms with E-state index < -0.39 is 0 Å². The molecular formula is C14H11BrN2O2. The summed E-state index contributed by atoms with van der Waals surface area (Å²) < 4.78 is 7.79. The van der Waals surface area contributed by atoms with Gasteiger partial charge >= 0.3 is 0 Å². The van der Waals surface area contributed by atoms with E-state index in [0.29, 0.717) is 27.9 Å². The Morgan fingerprint density at radius 3 is 3.00 bits per heavy atom. The van der Waals surface area contributed by atoms with Gasteiger partial charge in [0.05, 0.1) is 16.2 Å². The fraction of sp³-hybridized carbons (Fsp3) is 0.143. The van der Waals surface area contributed by atoms with Crippen LogP contribution in [0, 0.1) is 0 Å². The van der Waals surface area contributed by atoms with E-state index in [0.717, 1.165) is 5.39 Å². The summed E-state index contributed by atoms with van der Waals surface area (Å²) >= 11 is 3.37. The van der Waals surface area contributed by atoms with E-state index in [1.807, 2.05) is 31.2 Å². The Hall–Kier alpha value is -1.88. The first-order chi connectivity index (χ1) is 9.22. The first-order valence-corrected chi connectivity index (χ1v) is 6.74. The van der Waals surface area contributed by atoms with E-state index in [9.17, 15) is 4.79 Å². The number of benzene rings is 1.